The molecule has 19 heavy (non-hydrogen) atoms. The van der Waals surface area contributed by atoms with Crippen molar-refractivity contribution in [2.45, 2.75) is 6.54 Å². The van der Waals surface area contributed by atoms with E-state index in [1.54, 1.807) is 31.4 Å². The molecular formula is C14H13Cl2NO2. The number of ether oxygens (including phenoxy) is 1. The number of nitrogens with one attached hydrogen (secondary N) is 1. The van der Waals surface area contributed by atoms with E-state index in [1.807, 2.05) is 12.1 Å². The van der Waals surface area contributed by atoms with E-state index in [-0.39, 0.29) is 5.75 Å². The summed E-state index contributed by atoms with van der Waals surface area (Å²) >= 11 is 12.0. The second-order valence-corrected chi connectivity index (χ2v) is 4.73. The lowest BCUT2D eigenvalue weighted by atomic mass is 10.2. The van der Waals surface area contributed by atoms with Gasteiger partial charge in [-0.25, -0.2) is 0 Å². The maximum atomic E-state index is 9.85. The number of phenolic OH excluding ortho intramolecular Hbond substituents is 1. The third kappa shape index (κ3) is 3.25. The van der Waals surface area contributed by atoms with E-state index < -0.39 is 0 Å². The highest BCUT2D eigenvalue weighted by Gasteiger charge is 2.06. The molecule has 5 heteroatoms. The molecule has 0 saturated heterocycles. The van der Waals surface area contributed by atoms with Gasteiger partial charge in [0.15, 0.2) is 0 Å². The largest absolute Gasteiger partial charge is 0.507 e. The van der Waals surface area contributed by atoms with Crippen LogP contribution in [0.4, 0.5) is 5.69 Å². The second kappa shape index (κ2) is 6.04. The molecule has 100 valence electrons. The van der Waals surface area contributed by atoms with Crippen LogP contribution in [0, 0.1) is 0 Å². The molecular weight excluding hydrogens is 285 g/mol. The van der Waals surface area contributed by atoms with E-state index in [0.717, 1.165) is 11.3 Å². The third-order valence-electron chi connectivity index (χ3n) is 2.71. The van der Waals surface area contributed by atoms with Gasteiger partial charge in [-0.2, -0.15) is 0 Å². The number of anilines is 1. The van der Waals surface area contributed by atoms with Crippen molar-refractivity contribution in [2.24, 2.45) is 0 Å². The molecule has 2 aromatic rings. The van der Waals surface area contributed by atoms with Gasteiger partial charge >= 0.3 is 0 Å². The van der Waals surface area contributed by atoms with Gasteiger partial charge in [0.25, 0.3) is 0 Å². The first-order valence-corrected chi connectivity index (χ1v) is 6.41. The summed E-state index contributed by atoms with van der Waals surface area (Å²) in [7, 11) is 1.55. The van der Waals surface area contributed by atoms with Crippen LogP contribution in [0.5, 0.6) is 11.5 Å². The number of hydrogen-bond donors (Lipinski definition) is 2. The number of methoxy groups -OCH3 is 1. The first-order chi connectivity index (χ1) is 9.11. The lowest BCUT2D eigenvalue weighted by molar-refractivity contribution is 0.406. The molecule has 0 fully saturated rings. The topological polar surface area (TPSA) is 41.5 Å². The first kappa shape index (κ1) is 13.8. The van der Waals surface area contributed by atoms with Crippen molar-refractivity contribution in [3.05, 3.63) is 52.0 Å². The van der Waals surface area contributed by atoms with Gasteiger partial charge in [0, 0.05) is 18.2 Å². The normalized spacial score (nSPS) is 10.3. The van der Waals surface area contributed by atoms with Crippen LogP contribution in [-0.2, 0) is 6.54 Å². The molecule has 0 bridgehead atoms. The molecule has 2 aromatic carbocycles. The Morgan fingerprint density at radius 2 is 2.00 bits per heavy atom. The maximum Gasteiger partial charge on any atom is 0.124 e. The summed E-state index contributed by atoms with van der Waals surface area (Å²) in [6.07, 6.45) is 0. The Labute approximate surface area is 121 Å². The van der Waals surface area contributed by atoms with Gasteiger partial charge in [-0.15, -0.1) is 0 Å². The lowest BCUT2D eigenvalue weighted by Crippen LogP contribution is -2.00. The number of benzene rings is 2. The molecule has 0 aliphatic carbocycles. The molecule has 3 nitrogen and oxygen atoms in total. The average molecular weight is 298 g/mol. The highest BCUT2D eigenvalue weighted by molar-refractivity contribution is 6.43. The number of aromatic hydroxyl groups is 1. The molecule has 0 spiro atoms. The molecule has 2 rings (SSSR count). The number of halogens is 2. The Hall–Kier alpha value is -1.58. The Bertz CT molecular complexity index is 588. The molecule has 0 atom stereocenters. The minimum Gasteiger partial charge on any atom is -0.507 e. The summed E-state index contributed by atoms with van der Waals surface area (Å²) in [5, 5.41) is 13.9. The van der Waals surface area contributed by atoms with Crippen LogP contribution in [-0.4, -0.2) is 12.2 Å². The smallest absolute Gasteiger partial charge is 0.124 e. The summed E-state index contributed by atoms with van der Waals surface area (Å²) in [5.41, 5.74) is 1.47. The predicted molar refractivity (Wildman–Crippen MR) is 78.4 cm³/mol. The Kier molecular flexibility index (Phi) is 4.40. The van der Waals surface area contributed by atoms with Crippen LogP contribution in [0.1, 0.15) is 5.56 Å². The van der Waals surface area contributed by atoms with Crippen molar-refractivity contribution >= 4 is 28.9 Å². The third-order valence-corrected chi connectivity index (χ3v) is 3.53. The van der Waals surface area contributed by atoms with E-state index in [1.165, 1.54) is 0 Å². The molecule has 0 amide bonds. The second-order valence-electron chi connectivity index (χ2n) is 3.95. The highest BCUT2D eigenvalue weighted by Crippen LogP contribution is 2.31. The van der Waals surface area contributed by atoms with Crippen molar-refractivity contribution in [2.75, 3.05) is 12.4 Å². The van der Waals surface area contributed by atoms with Crippen LogP contribution in [0.15, 0.2) is 36.4 Å². The summed E-state index contributed by atoms with van der Waals surface area (Å²) in [5.74, 6) is 0.784. The van der Waals surface area contributed by atoms with E-state index >= 15 is 0 Å². The maximum absolute atomic E-state index is 9.85. The molecule has 0 unspecified atom stereocenters. The van der Waals surface area contributed by atoms with Gasteiger partial charge in [-0.3, -0.25) is 0 Å². The minimum atomic E-state index is 0.171. The molecule has 0 saturated carbocycles. The number of phenols is 1. The molecule has 0 aromatic heterocycles. The standard InChI is InChI=1S/C14H13Cl2NO2/c1-19-10-6-5-9(13(18)7-10)8-17-12-4-2-3-11(15)14(12)16/h2-7,17-18H,8H2,1H3. The molecule has 0 radical (unpaired) electrons. The van der Waals surface area contributed by atoms with Gasteiger partial charge in [-0.1, -0.05) is 29.3 Å². The number of rotatable bonds is 4. The predicted octanol–water partition coefficient (Wildman–Crippen LogP) is 4.32. The number of hydrogen-bond acceptors (Lipinski definition) is 3. The van der Waals surface area contributed by atoms with Crippen LogP contribution in [0.2, 0.25) is 10.0 Å². The zero-order valence-corrected chi connectivity index (χ0v) is 11.8. The summed E-state index contributed by atoms with van der Waals surface area (Å²) in [6, 6.07) is 10.5. The summed E-state index contributed by atoms with van der Waals surface area (Å²) in [6.45, 7) is 0.440. The quantitative estimate of drug-likeness (QED) is 0.883. The van der Waals surface area contributed by atoms with Gasteiger partial charge in [0.2, 0.25) is 0 Å². The lowest BCUT2D eigenvalue weighted by Gasteiger charge is -2.11. The molecule has 2 N–H and O–H groups in total. The van der Waals surface area contributed by atoms with Crippen molar-refractivity contribution in [1.82, 2.24) is 0 Å². The van der Waals surface area contributed by atoms with Gasteiger partial charge in [0.1, 0.15) is 11.5 Å². The molecule has 0 aliphatic heterocycles. The summed E-state index contributed by atoms with van der Waals surface area (Å²) in [4.78, 5) is 0. The Morgan fingerprint density at radius 1 is 1.21 bits per heavy atom. The monoisotopic (exact) mass is 297 g/mol. The average Bonchev–Trinajstić information content (AvgIpc) is 2.41. The Morgan fingerprint density at radius 3 is 2.68 bits per heavy atom. The van der Waals surface area contributed by atoms with E-state index in [9.17, 15) is 5.11 Å². The van der Waals surface area contributed by atoms with E-state index in [2.05, 4.69) is 5.32 Å². The SMILES string of the molecule is COc1ccc(CNc2cccc(Cl)c2Cl)c(O)c1. The van der Waals surface area contributed by atoms with Crippen molar-refractivity contribution < 1.29 is 9.84 Å². The van der Waals surface area contributed by atoms with Crippen molar-refractivity contribution in [3.8, 4) is 11.5 Å². The van der Waals surface area contributed by atoms with Gasteiger partial charge < -0.3 is 15.2 Å². The zero-order valence-electron chi connectivity index (χ0n) is 10.3. The van der Waals surface area contributed by atoms with Crippen molar-refractivity contribution in [3.63, 3.8) is 0 Å². The fraction of sp³-hybridized carbons (Fsp3) is 0.143. The van der Waals surface area contributed by atoms with Crippen LogP contribution in [0.25, 0.3) is 0 Å². The van der Waals surface area contributed by atoms with Crippen LogP contribution >= 0.6 is 23.2 Å². The zero-order chi connectivity index (χ0) is 13.8. The fourth-order valence-corrected chi connectivity index (χ4v) is 2.02. The minimum absolute atomic E-state index is 0.171. The van der Waals surface area contributed by atoms with E-state index in [0.29, 0.717) is 22.3 Å². The van der Waals surface area contributed by atoms with Crippen LogP contribution in [0.3, 0.4) is 0 Å². The first-order valence-electron chi connectivity index (χ1n) is 5.65. The van der Waals surface area contributed by atoms with Crippen LogP contribution < -0.4 is 10.1 Å². The van der Waals surface area contributed by atoms with Gasteiger partial charge in [-0.05, 0) is 24.3 Å². The molecule has 0 aliphatic rings. The Balaban J connectivity index is 2.12. The highest BCUT2D eigenvalue weighted by atomic mass is 35.5. The van der Waals surface area contributed by atoms with Gasteiger partial charge in [0.05, 0.1) is 22.8 Å². The van der Waals surface area contributed by atoms with E-state index in [4.69, 9.17) is 27.9 Å². The summed E-state index contributed by atoms with van der Waals surface area (Å²) < 4.78 is 5.03. The fourth-order valence-electron chi connectivity index (χ4n) is 1.65. The molecule has 0 heterocycles. The van der Waals surface area contributed by atoms with Crippen molar-refractivity contribution in [1.29, 1.82) is 0 Å².